The third-order valence-corrected chi connectivity index (χ3v) is 3.86. The highest BCUT2D eigenvalue weighted by Gasteiger charge is 2.15. The van der Waals surface area contributed by atoms with Crippen molar-refractivity contribution in [3.63, 3.8) is 0 Å². The van der Waals surface area contributed by atoms with Crippen molar-refractivity contribution in [2.24, 2.45) is 0 Å². The monoisotopic (exact) mass is 323 g/mol. The molecule has 1 heterocycles. The maximum Gasteiger partial charge on any atom is 0.333 e. The molecule has 0 saturated carbocycles. The summed E-state index contributed by atoms with van der Waals surface area (Å²) < 4.78 is 5.88. The lowest BCUT2D eigenvalue weighted by Gasteiger charge is -2.21. The van der Waals surface area contributed by atoms with Crippen molar-refractivity contribution in [2.45, 2.75) is 19.3 Å². The van der Waals surface area contributed by atoms with Gasteiger partial charge in [0.05, 0.1) is 7.11 Å². The largest absolute Gasteiger partial charge is 0.466 e. The molecule has 0 aliphatic carbocycles. The summed E-state index contributed by atoms with van der Waals surface area (Å²) in [5.74, 6) is -0.226. The normalized spacial score (nSPS) is 18.5. The number of ether oxygens (including phenoxy) is 1. The Labute approximate surface area is 122 Å². The van der Waals surface area contributed by atoms with Gasteiger partial charge in [-0.3, -0.25) is 0 Å². The number of rotatable bonds is 1. The Bertz CT molecular complexity index is 511. The first kappa shape index (κ1) is 14.1. The van der Waals surface area contributed by atoms with Crippen molar-refractivity contribution in [1.82, 2.24) is 0 Å². The van der Waals surface area contributed by atoms with Gasteiger partial charge in [-0.05, 0) is 49.1 Å². The minimum Gasteiger partial charge on any atom is -0.466 e. The van der Waals surface area contributed by atoms with Gasteiger partial charge >= 0.3 is 5.97 Å². The molecule has 0 amide bonds. The van der Waals surface area contributed by atoms with E-state index in [1.54, 1.807) is 0 Å². The SMILES string of the molecule is COC(=O)/C1=C/c2cc(Br)ccc2N(C)CCCC1. The second-order valence-electron chi connectivity index (χ2n) is 4.74. The van der Waals surface area contributed by atoms with Gasteiger partial charge in [-0.1, -0.05) is 15.9 Å². The second-order valence-corrected chi connectivity index (χ2v) is 5.66. The van der Waals surface area contributed by atoms with Crippen molar-refractivity contribution in [3.05, 3.63) is 33.8 Å². The van der Waals surface area contributed by atoms with Crippen LogP contribution >= 0.6 is 15.9 Å². The van der Waals surface area contributed by atoms with Crippen LogP contribution in [0.5, 0.6) is 0 Å². The van der Waals surface area contributed by atoms with Crippen molar-refractivity contribution in [2.75, 3.05) is 25.6 Å². The summed E-state index contributed by atoms with van der Waals surface area (Å²) in [4.78, 5) is 14.0. The Morgan fingerprint density at radius 1 is 1.37 bits per heavy atom. The van der Waals surface area contributed by atoms with E-state index in [1.807, 2.05) is 18.2 Å². The average Bonchev–Trinajstić information content (AvgIpc) is 2.47. The number of hydrogen-bond acceptors (Lipinski definition) is 3. The molecule has 1 aliphatic rings. The number of carbonyl (C=O) groups is 1. The lowest BCUT2D eigenvalue weighted by atomic mass is 10.1. The number of hydrogen-bond donors (Lipinski definition) is 0. The quantitative estimate of drug-likeness (QED) is 0.739. The predicted octanol–water partition coefficient (Wildman–Crippen LogP) is 3.63. The molecular formula is C15H18BrNO2. The van der Waals surface area contributed by atoms with Crippen LogP contribution in [0.4, 0.5) is 5.69 Å². The Hall–Kier alpha value is -1.29. The maximum atomic E-state index is 11.8. The van der Waals surface area contributed by atoms with Crippen LogP contribution in [-0.2, 0) is 9.53 Å². The highest BCUT2D eigenvalue weighted by atomic mass is 79.9. The van der Waals surface area contributed by atoms with Crippen molar-refractivity contribution < 1.29 is 9.53 Å². The van der Waals surface area contributed by atoms with Crippen LogP contribution in [-0.4, -0.2) is 26.7 Å². The molecule has 0 atom stereocenters. The van der Waals surface area contributed by atoms with Crippen LogP contribution in [0.3, 0.4) is 0 Å². The summed E-state index contributed by atoms with van der Waals surface area (Å²) in [5.41, 5.74) is 2.95. The van der Waals surface area contributed by atoms with Gasteiger partial charge in [-0.25, -0.2) is 4.79 Å². The van der Waals surface area contributed by atoms with Crippen molar-refractivity contribution in [1.29, 1.82) is 0 Å². The summed E-state index contributed by atoms with van der Waals surface area (Å²) in [6.07, 6.45) is 4.79. The van der Waals surface area contributed by atoms with E-state index in [0.717, 1.165) is 47.1 Å². The lowest BCUT2D eigenvalue weighted by Crippen LogP contribution is -2.18. The molecule has 0 spiro atoms. The Morgan fingerprint density at radius 3 is 2.89 bits per heavy atom. The van der Waals surface area contributed by atoms with E-state index >= 15 is 0 Å². The van der Waals surface area contributed by atoms with E-state index in [1.165, 1.54) is 7.11 Å². The lowest BCUT2D eigenvalue weighted by molar-refractivity contribution is -0.136. The third-order valence-electron chi connectivity index (χ3n) is 3.37. The fourth-order valence-corrected chi connectivity index (χ4v) is 2.70. The molecule has 3 nitrogen and oxygen atoms in total. The smallest absolute Gasteiger partial charge is 0.333 e. The molecule has 0 saturated heterocycles. The summed E-state index contributed by atoms with van der Waals surface area (Å²) in [6.45, 7) is 0.997. The highest BCUT2D eigenvalue weighted by Crippen LogP contribution is 2.29. The van der Waals surface area contributed by atoms with Gasteiger partial charge in [-0.2, -0.15) is 0 Å². The Balaban J connectivity index is 2.49. The number of nitrogens with zero attached hydrogens (tertiary/aromatic N) is 1. The Morgan fingerprint density at radius 2 is 2.16 bits per heavy atom. The maximum absolute atomic E-state index is 11.8. The molecule has 1 aliphatic heterocycles. The Kier molecular flexibility index (Phi) is 4.64. The average molecular weight is 324 g/mol. The zero-order valence-electron chi connectivity index (χ0n) is 11.3. The fourth-order valence-electron chi connectivity index (χ4n) is 2.33. The third kappa shape index (κ3) is 3.38. The number of anilines is 1. The number of benzene rings is 1. The van der Waals surface area contributed by atoms with E-state index in [2.05, 4.69) is 33.9 Å². The van der Waals surface area contributed by atoms with Crippen LogP contribution in [0.2, 0.25) is 0 Å². The molecule has 0 fully saturated rings. The van der Waals surface area contributed by atoms with Gasteiger partial charge in [0.2, 0.25) is 0 Å². The minimum atomic E-state index is -0.226. The minimum absolute atomic E-state index is 0.226. The molecule has 0 radical (unpaired) electrons. The predicted molar refractivity (Wildman–Crippen MR) is 81.3 cm³/mol. The van der Waals surface area contributed by atoms with Gasteiger partial charge in [0, 0.05) is 29.3 Å². The molecule has 102 valence electrons. The van der Waals surface area contributed by atoms with E-state index in [4.69, 9.17) is 4.74 Å². The summed E-state index contributed by atoms with van der Waals surface area (Å²) in [5, 5.41) is 0. The van der Waals surface area contributed by atoms with Crippen LogP contribution in [0.25, 0.3) is 6.08 Å². The first-order valence-corrected chi connectivity index (χ1v) is 7.20. The van der Waals surface area contributed by atoms with E-state index in [-0.39, 0.29) is 5.97 Å². The number of methoxy groups -OCH3 is 1. The van der Waals surface area contributed by atoms with E-state index in [9.17, 15) is 4.79 Å². The molecule has 1 aromatic rings. The molecule has 0 N–H and O–H groups in total. The molecule has 4 heteroatoms. The fraction of sp³-hybridized carbons (Fsp3) is 0.400. The summed E-state index contributed by atoms with van der Waals surface area (Å²) in [7, 11) is 3.52. The van der Waals surface area contributed by atoms with Gasteiger partial charge in [0.15, 0.2) is 0 Å². The van der Waals surface area contributed by atoms with Crippen LogP contribution in [0.1, 0.15) is 24.8 Å². The summed E-state index contributed by atoms with van der Waals surface area (Å²) >= 11 is 3.48. The topological polar surface area (TPSA) is 29.5 Å². The zero-order chi connectivity index (χ0) is 13.8. The van der Waals surface area contributed by atoms with Gasteiger partial charge in [0.1, 0.15) is 0 Å². The zero-order valence-corrected chi connectivity index (χ0v) is 12.9. The standard InChI is InChI=1S/C15H18BrNO2/c1-17-8-4-3-5-11(15(18)19-2)9-12-10-13(16)6-7-14(12)17/h6-7,9-10H,3-5,8H2,1-2H3/b11-9+. The summed E-state index contributed by atoms with van der Waals surface area (Å²) in [6, 6.07) is 6.15. The first-order chi connectivity index (χ1) is 9.11. The molecule has 1 aromatic carbocycles. The van der Waals surface area contributed by atoms with Crippen molar-refractivity contribution in [3.8, 4) is 0 Å². The molecule has 0 bridgehead atoms. The van der Waals surface area contributed by atoms with Gasteiger partial charge < -0.3 is 9.64 Å². The van der Waals surface area contributed by atoms with E-state index < -0.39 is 0 Å². The van der Waals surface area contributed by atoms with Gasteiger partial charge in [0.25, 0.3) is 0 Å². The van der Waals surface area contributed by atoms with E-state index in [0.29, 0.717) is 0 Å². The number of fused-ring (bicyclic) bond motifs is 1. The second kappa shape index (κ2) is 6.24. The van der Waals surface area contributed by atoms with Gasteiger partial charge in [-0.15, -0.1) is 0 Å². The van der Waals surface area contributed by atoms with Crippen LogP contribution in [0, 0.1) is 0 Å². The number of esters is 1. The molecule has 0 aromatic heterocycles. The molecule has 2 rings (SSSR count). The highest BCUT2D eigenvalue weighted by molar-refractivity contribution is 9.10. The molecule has 19 heavy (non-hydrogen) atoms. The first-order valence-electron chi connectivity index (χ1n) is 6.41. The number of halogens is 1. The van der Waals surface area contributed by atoms with Crippen molar-refractivity contribution >= 4 is 33.7 Å². The molecule has 0 unspecified atom stereocenters. The molecular weight excluding hydrogens is 306 g/mol. The van der Waals surface area contributed by atoms with Crippen LogP contribution < -0.4 is 4.90 Å². The number of carbonyl (C=O) groups excluding carboxylic acids is 1. The van der Waals surface area contributed by atoms with Crippen LogP contribution in [0.15, 0.2) is 28.2 Å².